The molecule has 1 amide bonds. The van der Waals surface area contributed by atoms with Gasteiger partial charge in [0.25, 0.3) is 5.91 Å². The highest BCUT2D eigenvalue weighted by atomic mass is 32.1. The Labute approximate surface area is 173 Å². The van der Waals surface area contributed by atoms with E-state index in [0.29, 0.717) is 11.5 Å². The number of aromatic nitrogens is 1. The van der Waals surface area contributed by atoms with E-state index in [1.807, 2.05) is 68.4 Å². The van der Waals surface area contributed by atoms with Gasteiger partial charge in [0.2, 0.25) is 5.89 Å². The smallest absolute Gasteiger partial charge is 0.257 e. The van der Waals surface area contributed by atoms with Gasteiger partial charge in [0.05, 0.1) is 0 Å². The summed E-state index contributed by atoms with van der Waals surface area (Å²) >= 11 is 5.25. The van der Waals surface area contributed by atoms with Crippen molar-refractivity contribution in [3.05, 3.63) is 83.4 Å². The number of carbonyl (C=O) groups excluding carboxylic acids is 1. The molecule has 0 spiro atoms. The van der Waals surface area contributed by atoms with E-state index in [0.717, 1.165) is 33.5 Å². The minimum atomic E-state index is -0.249. The van der Waals surface area contributed by atoms with Crippen molar-refractivity contribution >= 4 is 40.0 Å². The zero-order chi connectivity index (χ0) is 20.4. The molecule has 0 unspecified atom stereocenters. The number of fused-ring (bicyclic) bond motifs is 1. The maximum absolute atomic E-state index is 12.2. The van der Waals surface area contributed by atoms with Crippen molar-refractivity contribution in [2.24, 2.45) is 0 Å². The molecule has 0 bridgehead atoms. The average Bonchev–Trinajstić information content (AvgIpc) is 3.12. The van der Waals surface area contributed by atoms with Crippen molar-refractivity contribution in [3.8, 4) is 11.5 Å². The molecule has 6 heteroatoms. The zero-order valence-electron chi connectivity index (χ0n) is 16.0. The molecule has 1 aromatic heterocycles. The van der Waals surface area contributed by atoms with Gasteiger partial charge in [0, 0.05) is 16.8 Å². The molecule has 4 rings (SSSR count). The molecule has 2 N–H and O–H groups in total. The fourth-order valence-corrected chi connectivity index (χ4v) is 3.11. The molecule has 5 nitrogen and oxygen atoms in total. The number of thiocarbonyl (C=S) groups is 1. The summed E-state index contributed by atoms with van der Waals surface area (Å²) in [4.78, 5) is 16.8. The normalized spacial score (nSPS) is 10.7. The van der Waals surface area contributed by atoms with Crippen LogP contribution in [0, 0.1) is 13.8 Å². The van der Waals surface area contributed by atoms with E-state index in [4.69, 9.17) is 16.6 Å². The van der Waals surface area contributed by atoms with Gasteiger partial charge in [-0.2, -0.15) is 0 Å². The van der Waals surface area contributed by atoms with E-state index < -0.39 is 0 Å². The van der Waals surface area contributed by atoms with E-state index in [1.54, 1.807) is 12.1 Å². The summed E-state index contributed by atoms with van der Waals surface area (Å²) in [5, 5.41) is 5.94. The van der Waals surface area contributed by atoms with Gasteiger partial charge in [-0.25, -0.2) is 4.98 Å². The molecule has 144 valence electrons. The maximum atomic E-state index is 12.2. The summed E-state index contributed by atoms with van der Waals surface area (Å²) in [5.41, 5.74) is 6.00. The SMILES string of the molecule is Cc1ccc(C(=O)NC(=S)Nc2ccc(-c3nc4cc(C)ccc4o3)cc2)cc1. The van der Waals surface area contributed by atoms with Crippen LogP contribution in [-0.2, 0) is 0 Å². The van der Waals surface area contributed by atoms with E-state index >= 15 is 0 Å². The first-order valence-electron chi connectivity index (χ1n) is 9.14. The van der Waals surface area contributed by atoms with Crippen LogP contribution in [0.15, 0.2) is 71.1 Å². The second-order valence-electron chi connectivity index (χ2n) is 6.84. The summed E-state index contributed by atoms with van der Waals surface area (Å²) in [7, 11) is 0. The minimum Gasteiger partial charge on any atom is -0.436 e. The quantitative estimate of drug-likeness (QED) is 0.460. The first-order valence-corrected chi connectivity index (χ1v) is 9.55. The molecule has 0 aliphatic rings. The number of anilines is 1. The van der Waals surface area contributed by atoms with Crippen molar-refractivity contribution in [2.45, 2.75) is 13.8 Å². The molecule has 3 aromatic carbocycles. The number of hydrogen-bond donors (Lipinski definition) is 2. The first kappa shape index (κ1) is 18.8. The van der Waals surface area contributed by atoms with Gasteiger partial charge in [-0.1, -0.05) is 23.8 Å². The Bertz CT molecular complexity index is 1200. The Hall–Kier alpha value is -3.51. The molecule has 0 aliphatic heterocycles. The van der Waals surface area contributed by atoms with Crippen molar-refractivity contribution in [3.63, 3.8) is 0 Å². The third-order valence-corrected chi connectivity index (χ3v) is 4.68. The zero-order valence-corrected chi connectivity index (χ0v) is 16.8. The molecule has 29 heavy (non-hydrogen) atoms. The third kappa shape index (κ3) is 4.33. The lowest BCUT2D eigenvalue weighted by atomic mass is 10.1. The van der Waals surface area contributed by atoms with E-state index in [1.165, 1.54) is 0 Å². The molecule has 4 aromatic rings. The highest BCUT2D eigenvalue weighted by Crippen LogP contribution is 2.25. The summed E-state index contributed by atoms with van der Waals surface area (Å²) in [6.07, 6.45) is 0. The van der Waals surface area contributed by atoms with Gasteiger partial charge in [-0.15, -0.1) is 0 Å². The highest BCUT2D eigenvalue weighted by molar-refractivity contribution is 7.80. The number of hydrogen-bond acceptors (Lipinski definition) is 4. The number of nitrogens with one attached hydrogen (secondary N) is 2. The topological polar surface area (TPSA) is 67.2 Å². The van der Waals surface area contributed by atoms with Gasteiger partial charge in [0.1, 0.15) is 5.52 Å². The van der Waals surface area contributed by atoms with Gasteiger partial charge in [-0.05, 0) is 80.2 Å². The lowest BCUT2D eigenvalue weighted by Gasteiger charge is -2.10. The summed E-state index contributed by atoms with van der Waals surface area (Å²) in [5.74, 6) is 0.313. The number of carbonyl (C=O) groups is 1. The number of rotatable bonds is 3. The Morgan fingerprint density at radius 3 is 2.34 bits per heavy atom. The number of benzene rings is 3. The average molecular weight is 401 g/mol. The van der Waals surface area contributed by atoms with Crippen LogP contribution in [0.3, 0.4) is 0 Å². The first-order chi connectivity index (χ1) is 14.0. The predicted molar refractivity (Wildman–Crippen MR) is 119 cm³/mol. The van der Waals surface area contributed by atoms with Crippen LogP contribution >= 0.6 is 12.2 Å². The highest BCUT2D eigenvalue weighted by Gasteiger charge is 2.10. The fourth-order valence-electron chi connectivity index (χ4n) is 2.90. The Morgan fingerprint density at radius 2 is 1.62 bits per heavy atom. The van der Waals surface area contributed by atoms with Crippen molar-refractivity contribution in [2.75, 3.05) is 5.32 Å². The molecule has 0 fully saturated rings. The number of aryl methyl sites for hydroxylation is 2. The Kier molecular flexibility index (Phi) is 5.10. The standard InChI is InChI=1S/C23H19N3O2S/c1-14-3-6-16(7-4-14)21(27)26-23(29)24-18-10-8-17(9-11-18)22-25-19-13-15(2)5-12-20(19)28-22/h3-13H,1-2H3,(H2,24,26,27,29). The van der Waals surface area contributed by atoms with Crippen molar-refractivity contribution in [1.29, 1.82) is 0 Å². The lowest BCUT2D eigenvalue weighted by molar-refractivity contribution is 0.0977. The van der Waals surface area contributed by atoms with Crippen molar-refractivity contribution in [1.82, 2.24) is 10.3 Å². The Morgan fingerprint density at radius 1 is 0.931 bits per heavy atom. The van der Waals surface area contributed by atoms with Crippen LogP contribution in [-0.4, -0.2) is 16.0 Å². The molecule has 0 aliphatic carbocycles. The second-order valence-corrected chi connectivity index (χ2v) is 7.25. The number of amides is 1. The summed E-state index contributed by atoms with van der Waals surface area (Å²) in [6.45, 7) is 3.99. The Balaban J connectivity index is 1.42. The van der Waals surface area contributed by atoms with Gasteiger partial charge < -0.3 is 9.73 Å². The van der Waals surface area contributed by atoms with Gasteiger partial charge >= 0.3 is 0 Å². The maximum Gasteiger partial charge on any atom is 0.257 e. The van der Waals surface area contributed by atoms with Gasteiger partial charge in [0.15, 0.2) is 10.7 Å². The minimum absolute atomic E-state index is 0.237. The van der Waals surface area contributed by atoms with Crippen LogP contribution in [0.5, 0.6) is 0 Å². The molecule has 0 saturated heterocycles. The van der Waals surface area contributed by atoms with Crippen LogP contribution in [0.2, 0.25) is 0 Å². The van der Waals surface area contributed by atoms with Gasteiger partial charge in [-0.3, -0.25) is 10.1 Å². The second kappa shape index (κ2) is 7.85. The molecule has 1 heterocycles. The number of nitrogens with zero attached hydrogens (tertiary/aromatic N) is 1. The number of oxazole rings is 1. The van der Waals surface area contributed by atoms with Crippen LogP contribution in [0.1, 0.15) is 21.5 Å². The molecule has 0 atom stereocenters. The van der Waals surface area contributed by atoms with E-state index in [9.17, 15) is 4.79 Å². The van der Waals surface area contributed by atoms with Crippen LogP contribution < -0.4 is 10.6 Å². The molecule has 0 radical (unpaired) electrons. The lowest BCUT2D eigenvalue weighted by Crippen LogP contribution is -2.34. The van der Waals surface area contributed by atoms with Crippen LogP contribution in [0.25, 0.3) is 22.6 Å². The van der Waals surface area contributed by atoms with Crippen LogP contribution in [0.4, 0.5) is 5.69 Å². The van der Waals surface area contributed by atoms with Crippen molar-refractivity contribution < 1.29 is 9.21 Å². The summed E-state index contributed by atoms with van der Waals surface area (Å²) < 4.78 is 5.83. The predicted octanol–water partition coefficient (Wildman–Crippen LogP) is 5.24. The fraction of sp³-hybridized carbons (Fsp3) is 0.0870. The monoisotopic (exact) mass is 401 g/mol. The molecule has 0 saturated carbocycles. The third-order valence-electron chi connectivity index (χ3n) is 4.47. The van der Waals surface area contributed by atoms with E-state index in [2.05, 4.69) is 15.6 Å². The van der Waals surface area contributed by atoms with E-state index in [-0.39, 0.29) is 11.0 Å². The summed E-state index contributed by atoms with van der Waals surface area (Å²) in [6, 6.07) is 20.7. The largest absolute Gasteiger partial charge is 0.436 e. The molecular weight excluding hydrogens is 382 g/mol. The molecular formula is C23H19N3O2S.